The minimum absolute atomic E-state index is 0.279. The molecule has 0 aliphatic heterocycles. The molecule has 18 heavy (non-hydrogen) atoms. The van der Waals surface area contributed by atoms with Crippen LogP contribution in [0.5, 0.6) is 5.75 Å². The van der Waals surface area contributed by atoms with Gasteiger partial charge in [0.1, 0.15) is 5.75 Å². The summed E-state index contributed by atoms with van der Waals surface area (Å²) in [7, 11) is 0. The fourth-order valence-electron chi connectivity index (χ4n) is 1.63. The molecule has 0 aromatic heterocycles. The first kappa shape index (κ1) is 14.8. The first-order chi connectivity index (χ1) is 8.68. The summed E-state index contributed by atoms with van der Waals surface area (Å²) in [6.07, 6.45) is 5.17. The van der Waals surface area contributed by atoms with Gasteiger partial charge in [-0.2, -0.15) is 0 Å². The first-order valence-electron chi connectivity index (χ1n) is 6.28. The summed E-state index contributed by atoms with van der Waals surface area (Å²) < 4.78 is 5.55. The molecule has 0 aliphatic carbocycles. The van der Waals surface area contributed by atoms with Crippen LogP contribution in [0, 0.1) is 0 Å². The number of halogens is 1. The van der Waals surface area contributed by atoms with Crippen molar-refractivity contribution in [3.8, 4) is 5.75 Å². The molecule has 3 nitrogen and oxygen atoms in total. The monoisotopic (exact) mass is 270 g/mol. The molecule has 0 spiro atoms. The summed E-state index contributed by atoms with van der Waals surface area (Å²) in [6.45, 7) is 0.695. The van der Waals surface area contributed by atoms with Crippen LogP contribution < -0.4 is 4.74 Å². The van der Waals surface area contributed by atoms with Crippen molar-refractivity contribution >= 4 is 17.6 Å². The number of hydrogen-bond acceptors (Lipinski definition) is 2. The van der Waals surface area contributed by atoms with Crippen molar-refractivity contribution < 1.29 is 14.6 Å². The van der Waals surface area contributed by atoms with Crippen LogP contribution in [-0.2, 0) is 4.79 Å². The van der Waals surface area contributed by atoms with Gasteiger partial charge in [0.2, 0.25) is 0 Å². The van der Waals surface area contributed by atoms with E-state index in [1.54, 1.807) is 0 Å². The van der Waals surface area contributed by atoms with Gasteiger partial charge < -0.3 is 9.84 Å². The van der Waals surface area contributed by atoms with Crippen LogP contribution in [0.3, 0.4) is 0 Å². The fourth-order valence-corrected chi connectivity index (χ4v) is 1.76. The number of carboxylic acids is 1. The Bertz CT molecular complexity index is 349. The lowest BCUT2D eigenvalue weighted by atomic mass is 10.1. The highest BCUT2D eigenvalue weighted by atomic mass is 35.5. The van der Waals surface area contributed by atoms with E-state index in [0.29, 0.717) is 11.6 Å². The third-order valence-corrected chi connectivity index (χ3v) is 2.87. The number of carboxylic acid groups (broad SMARTS) is 1. The molecular weight excluding hydrogens is 252 g/mol. The first-order valence-corrected chi connectivity index (χ1v) is 6.66. The predicted octanol–water partition coefficient (Wildman–Crippen LogP) is 4.14. The van der Waals surface area contributed by atoms with Crippen molar-refractivity contribution in [3.05, 3.63) is 29.3 Å². The van der Waals surface area contributed by atoms with E-state index in [9.17, 15) is 4.79 Å². The standard InChI is InChI=1S/C14H19ClO3/c15-12-7-9-13(10-8-12)18-11-5-3-1-2-4-6-14(16)17/h7-10H,1-6,11H2,(H,16,17). The van der Waals surface area contributed by atoms with Crippen LogP contribution in [-0.4, -0.2) is 17.7 Å². The molecule has 0 bridgehead atoms. The third kappa shape index (κ3) is 7.17. The van der Waals surface area contributed by atoms with E-state index in [-0.39, 0.29) is 6.42 Å². The number of ether oxygens (including phenoxy) is 1. The Hall–Kier alpha value is -1.22. The molecule has 1 aromatic rings. The summed E-state index contributed by atoms with van der Waals surface area (Å²) in [5.74, 6) is 0.131. The molecule has 100 valence electrons. The van der Waals surface area contributed by atoms with Crippen molar-refractivity contribution in [2.45, 2.75) is 38.5 Å². The molecule has 0 aliphatic rings. The zero-order valence-corrected chi connectivity index (χ0v) is 11.2. The van der Waals surface area contributed by atoms with E-state index in [2.05, 4.69) is 0 Å². The minimum atomic E-state index is -0.707. The average molecular weight is 271 g/mol. The highest BCUT2D eigenvalue weighted by Gasteiger charge is 1.97. The minimum Gasteiger partial charge on any atom is -0.494 e. The van der Waals surface area contributed by atoms with Gasteiger partial charge in [0.05, 0.1) is 6.61 Å². The Morgan fingerprint density at radius 2 is 1.67 bits per heavy atom. The molecule has 0 radical (unpaired) electrons. The third-order valence-electron chi connectivity index (χ3n) is 2.62. The van der Waals surface area contributed by atoms with Crippen LogP contribution in [0.15, 0.2) is 24.3 Å². The number of benzene rings is 1. The lowest BCUT2D eigenvalue weighted by Gasteiger charge is -2.05. The van der Waals surface area contributed by atoms with Gasteiger partial charge in [0.15, 0.2) is 0 Å². The van der Waals surface area contributed by atoms with Crippen LogP contribution in [0.1, 0.15) is 38.5 Å². The molecule has 0 fully saturated rings. The Morgan fingerprint density at radius 3 is 2.33 bits per heavy atom. The molecule has 0 amide bonds. The second-order valence-electron chi connectivity index (χ2n) is 4.21. The van der Waals surface area contributed by atoms with Crippen molar-refractivity contribution in [2.75, 3.05) is 6.61 Å². The van der Waals surface area contributed by atoms with Gasteiger partial charge in [0.25, 0.3) is 0 Å². The van der Waals surface area contributed by atoms with Gasteiger partial charge in [-0.3, -0.25) is 4.79 Å². The van der Waals surface area contributed by atoms with E-state index in [1.165, 1.54) is 0 Å². The van der Waals surface area contributed by atoms with Crippen LogP contribution in [0.25, 0.3) is 0 Å². The fraction of sp³-hybridized carbons (Fsp3) is 0.500. The SMILES string of the molecule is O=C(O)CCCCCCCOc1ccc(Cl)cc1. The Morgan fingerprint density at radius 1 is 1.06 bits per heavy atom. The van der Waals surface area contributed by atoms with Crippen molar-refractivity contribution in [2.24, 2.45) is 0 Å². The second-order valence-corrected chi connectivity index (χ2v) is 4.65. The van der Waals surface area contributed by atoms with Gasteiger partial charge in [-0.25, -0.2) is 0 Å². The van der Waals surface area contributed by atoms with Crippen LogP contribution in [0.2, 0.25) is 5.02 Å². The van der Waals surface area contributed by atoms with Gasteiger partial charge in [-0.1, -0.05) is 30.9 Å². The summed E-state index contributed by atoms with van der Waals surface area (Å²) in [5.41, 5.74) is 0. The van der Waals surface area contributed by atoms with Crippen LogP contribution in [0.4, 0.5) is 0 Å². The number of carbonyl (C=O) groups is 1. The lowest BCUT2D eigenvalue weighted by Crippen LogP contribution is -1.97. The summed E-state index contributed by atoms with van der Waals surface area (Å²) in [5, 5.41) is 9.18. The largest absolute Gasteiger partial charge is 0.494 e. The number of rotatable bonds is 9. The Kier molecular flexibility index (Phi) is 7.26. The maximum Gasteiger partial charge on any atom is 0.303 e. The van der Waals surface area contributed by atoms with Gasteiger partial charge >= 0.3 is 5.97 Å². The van der Waals surface area contributed by atoms with Crippen LogP contribution >= 0.6 is 11.6 Å². The molecule has 1 aromatic carbocycles. The quantitative estimate of drug-likeness (QED) is 0.686. The smallest absolute Gasteiger partial charge is 0.303 e. The van der Waals surface area contributed by atoms with Crippen molar-refractivity contribution in [3.63, 3.8) is 0 Å². The normalized spacial score (nSPS) is 10.3. The summed E-state index contributed by atoms with van der Waals surface area (Å²) in [6, 6.07) is 7.33. The molecule has 0 saturated carbocycles. The zero-order chi connectivity index (χ0) is 13.2. The Balaban J connectivity index is 1.95. The molecule has 4 heteroatoms. The van der Waals surface area contributed by atoms with E-state index in [0.717, 1.165) is 37.9 Å². The van der Waals surface area contributed by atoms with E-state index >= 15 is 0 Å². The molecule has 0 atom stereocenters. The zero-order valence-electron chi connectivity index (χ0n) is 10.4. The highest BCUT2D eigenvalue weighted by Crippen LogP contribution is 2.16. The second kappa shape index (κ2) is 8.81. The maximum atomic E-state index is 10.3. The molecular formula is C14H19ClO3. The summed E-state index contributed by atoms with van der Waals surface area (Å²) >= 11 is 5.77. The van der Waals surface area contributed by atoms with E-state index in [1.807, 2.05) is 24.3 Å². The molecule has 0 saturated heterocycles. The number of unbranched alkanes of at least 4 members (excludes halogenated alkanes) is 4. The van der Waals surface area contributed by atoms with Gasteiger partial charge in [0, 0.05) is 11.4 Å². The lowest BCUT2D eigenvalue weighted by molar-refractivity contribution is -0.137. The highest BCUT2D eigenvalue weighted by molar-refractivity contribution is 6.30. The number of hydrogen-bond donors (Lipinski definition) is 1. The van der Waals surface area contributed by atoms with E-state index < -0.39 is 5.97 Å². The van der Waals surface area contributed by atoms with E-state index in [4.69, 9.17) is 21.4 Å². The topological polar surface area (TPSA) is 46.5 Å². The molecule has 1 N–H and O–H groups in total. The molecule has 0 unspecified atom stereocenters. The Labute approximate surface area is 113 Å². The predicted molar refractivity (Wildman–Crippen MR) is 72.3 cm³/mol. The molecule has 1 rings (SSSR count). The summed E-state index contributed by atoms with van der Waals surface area (Å²) in [4.78, 5) is 10.3. The maximum absolute atomic E-state index is 10.3. The molecule has 0 heterocycles. The van der Waals surface area contributed by atoms with Crippen molar-refractivity contribution in [1.82, 2.24) is 0 Å². The van der Waals surface area contributed by atoms with Gasteiger partial charge in [-0.05, 0) is 37.1 Å². The average Bonchev–Trinajstić information content (AvgIpc) is 2.34. The van der Waals surface area contributed by atoms with Gasteiger partial charge in [-0.15, -0.1) is 0 Å². The number of aliphatic carboxylic acids is 1. The van der Waals surface area contributed by atoms with Crippen molar-refractivity contribution in [1.29, 1.82) is 0 Å².